The quantitative estimate of drug-likeness (QED) is 0.646. The van der Waals surface area contributed by atoms with Crippen molar-refractivity contribution in [1.82, 2.24) is 4.90 Å². The van der Waals surface area contributed by atoms with Gasteiger partial charge in [0.15, 0.2) is 0 Å². The maximum Gasteiger partial charge on any atom is 0.239 e. The maximum atomic E-state index is 11.9. The molecule has 0 fully saturated rings. The molecule has 1 amide bonds. The molecule has 15 heavy (non-hydrogen) atoms. The van der Waals surface area contributed by atoms with E-state index in [0.717, 1.165) is 6.42 Å². The van der Waals surface area contributed by atoms with Crippen molar-refractivity contribution in [2.24, 2.45) is 5.73 Å². The molecule has 0 aromatic carbocycles. The van der Waals surface area contributed by atoms with Crippen LogP contribution < -0.4 is 5.73 Å². The van der Waals surface area contributed by atoms with Crippen molar-refractivity contribution in [3.8, 4) is 0 Å². The highest BCUT2D eigenvalue weighted by atomic mass is 16.5. The number of carbonyl (C=O) groups is 1. The third kappa shape index (κ3) is 5.14. The lowest BCUT2D eigenvalue weighted by molar-refractivity contribution is -0.134. The zero-order chi connectivity index (χ0) is 11.8. The van der Waals surface area contributed by atoms with Gasteiger partial charge in [-0.3, -0.25) is 4.79 Å². The van der Waals surface area contributed by atoms with E-state index < -0.39 is 0 Å². The van der Waals surface area contributed by atoms with Gasteiger partial charge in [0.1, 0.15) is 0 Å². The van der Waals surface area contributed by atoms with Gasteiger partial charge in [-0.05, 0) is 33.6 Å². The van der Waals surface area contributed by atoms with Crippen LogP contribution in [0.3, 0.4) is 0 Å². The molecule has 0 saturated heterocycles. The van der Waals surface area contributed by atoms with Crippen LogP contribution in [0.4, 0.5) is 0 Å². The van der Waals surface area contributed by atoms with E-state index in [9.17, 15) is 4.79 Å². The monoisotopic (exact) mass is 216 g/mol. The standard InChI is InChI=1S/C11H24N2O2/c1-5-13(9(2)3)11(14)10(12)7-6-8-15-4/h9-10H,5-8,12H2,1-4H3. The predicted molar refractivity (Wildman–Crippen MR) is 61.6 cm³/mol. The lowest BCUT2D eigenvalue weighted by atomic mass is 10.1. The largest absolute Gasteiger partial charge is 0.385 e. The number of nitrogens with two attached hydrogens (primary N) is 1. The molecule has 0 heterocycles. The summed E-state index contributed by atoms with van der Waals surface area (Å²) >= 11 is 0. The number of hydrogen-bond acceptors (Lipinski definition) is 3. The fourth-order valence-corrected chi connectivity index (χ4v) is 1.56. The number of likely N-dealkylation sites (N-methyl/N-ethyl adjacent to an activating group) is 1. The highest BCUT2D eigenvalue weighted by Crippen LogP contribution is 2.04. The number of amides is 1. The summed E-state index contributed by atoms with van der Waals surface area (Å²) in [7, 11) is 1.65. The second-order valence-corrected chi connectivity index (χ2v) is 3.96. The molecule has 0 rings (SSSR count). The molecule has 90 valence electrons. The van der Waals surface area contributed by atoms with Crippen LogP contribution in [0.15, 0.2) is 0 Å². The average molecular weight is 216 g/mol. The molecule has 0 bridgehead atoms. The molecule has 1 unspecified atom stereocenters. The van der Waals surface area contributed by atoms with Crippen molar-refractivity contribution in [2.45, 2.75) is 45.7 Å². The Bertz CT molecular complexity index is 183. The lowest BCUT2D eigenvalue weighted by Gasteiger charge is -2.28. The van der Waals surface area contributed by atoms with Gasteiger partial charge in [0.2, 0.25) is 5.91 Å². The normalized spacial score (nSPS) is 12.9. The van der Waals surface area contributed by atoms with E-state index in [1.165, 1.54) is 0 Å². The van der Waals surface area contributed by atoms with Gasteiger partial charge in [-0.1, -0.05) is 0 Å². The van der Waals surface area contributed by atoms with Crippen molar-refractivity contribution < 1.29 is 9.53 Å². The van der Waals surface area contributed by atoms with E-state index in [2.05, 4.69) is 0 Å². The van der Waals surface area contributed by atoms with Crippen LogP contribution in [0.5, 0.6) is 0 Å². The third-order valence-corrected chi connectivity index (χ3v) is 2.43. The minimum Gasteiger partial charge on any atom is -0.385 e. The van der Waals surface area contributed by atoms with E-state index in [4.69, 9.17) is 10.5 Å². The molecule has 0 spiro atoms. The first-order valence-corrected chi connectivity index (χ1v) is 5.59. The minimum absolute atomic E-state index is 0.0450. The highest BCUT2D eigenvalue weighted by Gasteiger charge is 2.21. The first-order valence-electron chi connectivity index (χ1n) is 5.59. The van der Waals surface area contributed by atoms with Gasteiger partial charge in [0, 0.05) is 26.3 Å². The van der Waals surface area contributed by atoms with Crippen LogP contribution in [0.2, 0.25) is 0 Å². The number of ether oxygens (including phenoxy) is 1. The highest BCUT2D eigenvalue weighted by molar-refractivity contribution is 5.81. The van der Waals surface area contributed by atoms with Crippen molar-refractivity contribution in [1.29, 1.82) is 0 Å². The Morgan fingerprint density at radius 1 is 1.47 bits per heavy atom. The van der Waals surface area contributed by atoms with E-state index in [1.54, 1.807) is 12.0 Å². The molecule has 0 aromatic rings. The zero-order valence-electron chi connectivity index (χ0n) is 10.3. The van der Waals surface area contributed by atoms with Crippen molar-refractivity contribution in [2.75, 3.05) is 20.3 Å². The number of hydrogen-bond donors (Lipinski definition) is 1. The molecule has 4 nitrogen and oxygen atoms in total. The predicted octanol–water partition coefficient (Wildman–Crippen LogP) is 0.997. The Balaban J connectivity index is 4.05. The van der Waals surface area contributed by atoms with Gasteiger partial charge in [0.25, 0.3) is 0 Å². The summed E-state index contributed by atoms with van der Waals surface area (Å²) in [6.07, 6.45) is 1.52. The molecule has 0 saturated carbocycles. The summed E-state index contributed by atoms with van der Waals surface area (Å²) < 4.78 is 4.93. The summed E-state index contributed by atoms with van der Waals surface area (Å²) in [5.74, 6) is 0.0450. The number of methoxy groups -OCH3 is 1. The third-order valence-electron chi connectivity index (χ3n) is 2.43. The first-order chi connectivity index (χ1) is 7.04. The van der Waals surface area contributed by atoms with Gasteiger partial charge in [-0.25, -0.2) is 0 Å². The SMILES string of the molecule is CCN(C(=O)C(N)CCCOC)C(C)C. The molecular formula is C11H24N2O2. The second kappa shape index (κ2) is 7.65. The Hall–Kier alpha value is -0.610. The molecular weight excluding hydrogens is 192 g/mol. The summed E-state index contributed by atoms with van der Waals surface area (Å²) in [5.41, 5.74) is 5.83. The van der Waals surface area contributed by atoms with E-state index in [-0.39, 0.29) is 18.0 Å². The smallest absolute Gasteiger partial charge is 0.239 e. The molecule has 0 aliphatic carbocycles. The molecule has 0 aliphatic rings. The Labute approximate surface area is 92.8 Å². The summed E-state index contributed by atoms with van der Waals surface area (Å²) in [6.45, 7) is 7.36. The zero-order valence-corrected chi connectivity index (χ0v) is 10.3. The second-order valence-electron chi connectivity index (χ2n) is 3.96. The van der Waals surface area contributed by atoms with Crippen molar-refractivity contribution in [3.05, 3.63) is 0 Å². The van der Waals surface area contributed by atoms with Gasteiger partial charge in [0.05, 0.1) is 6.04 Å². The van der Waals surface area contributed by atoms with Gasteiger partial charge >= 0.3 is 0 Å². The van der Waals surface area contributed by atoms with Crippen LogP contribution >= 0.6 is 0 Å². The fraction of sp³-hybridized carbons (Fsp3) is 0.909. The van der Waals surface area contributed by atoms with Crippen LogP contribution in [0.25, 0.3) is 0 Å². The number of rotatable bonds is 7. The lowest BCUT2D eigenvalue weighted by Crippen LogP contribution is -2.46. The fourth-order valence-electron chi connectivity index (χ4n) is 1.56. The maximum absolute atomic E-state index is 11.9. The van der Waals surface area contributed by atoms with Crippen molar-refractivity contribution >= 4 is 5.91 Å². The van der Waals surface area contributed by atoms with Crippen LogP contribution in [0, 0.1) is 0 Å². The Kier molecular flexibility index (Phi) is 7.34. The van der Waals surface area contributed by atoms with Crippen LogP contribution in [0.1, 0.15) is 33.6 Å². The molecule has 0 aliphatic heterocycles. The van der Waals surface area contributed by atoms with E-state index in [0.29, 0.717) is 19.6 Å². The van der Waals surface area contributed by atoms with E-state index in [1.807, 2.05) is 20.8 Å². The van der Waals surface area contributed by atoms with E-state index >= 15 is 0 Å². The molecule has 2 N–H and O–H groups in total. The topological polar surface area (TPSA) is 55.6 Å². The first kappa shape index (κ1) is 14.4. The Morgan fingerprint density at radius 2 is 2.07 bits per heavy atom. The molecule has 1 atom stereocenters. The van der Waals surface area contributed by atoms with Crippen LogP contribution in [-0.2, 0) is 9.53 Å². The number of carbonyl (C=O) groups excluding carboxylic acids is 1. The average Bonchev–Trinajstić information content (AvgIpc) is 2.18. The molecule has 0 aromatic heterocycles. The van der Waals surface area contributed by atoms with Crippen molar-refractivity contribution in [3.63, 3.8) is 0 Å². The van der Waals surface area contributed by atoms with Crippen LogP contribution in [-0.4, -0.2) is 43.2 Å². The summed E-state index contributed by atoms with van der Waals surface area (Å²) in [5, 5.41) is 0. The van der Waals surface area contributed by atoms with Gasteiger partial charge in [-0.15, -0.1) is 0 Å². The molecule has 4 heteroatoms. The van der Waals surface area contributed by atoms with Gasteiger partial charge < -0.3 is 15.4 Å². The van der Waals surface area contributed by atoms with Gasteiger partial charge in [-0.2, -0.15) is 0 Å². The molecule has 0 radical (unpaired) electrons. The Morgan fingerprint density at radius 3 is 2.47 bits per heavy atom. The number of nitrogens with zero attached hydrogens (tertiary/aromatic N) is 1. The summed E-state index contributed by atoms with van der Waals surface area (Å²) in [6, 6.07) is -0.168. The summed E-state index contributed by atoms with van der Waals surface area (Å²) in [4.78, 5) is 13.7. The minimum atomic E-state index is -0.387.